The molecule has 0 unspecified atom stereocenters. The molecule has 1 N–H and O–H groups in total. The summed E-state index contributed by atoms with van der Waals surface area (Å²) in [5, 5.41) is 18.8. The number of nitrogens with zero attached hydrogens (tertiary/aromatic N) is 1. The number of hydrogen-bond donors (Lipinski definition) is 2. The second-order valence-electron chi connectivity index (χ2n) is 2.88. The molecule has 70 valence electrons. The summed E-state index contributed by atoms with van der Waals surface area (Å²) in [6, 6.07) is 7.70. The highest BCUT2D eigenvalue weighted by Crippen LogP contribution is 2.33. The van der Waals surface area contributed by atoms with Crippen LogP contribution in [0.2, 0.25) is 0 Å². The second-order valence-corrected chi connectivity index (χ2v) is 4.68. The molecule has 0 aliphatic rings. The fourth-order valence-corrected chi connectivity index (χ4v) is 2.76. The van der Waals surface area contributed by atoms with Crippen LogP contribution < -0.4 is 0 Å². The standard InChI is InChI=1S/C10H7NOS2/c11-4-8-7-2-1-6(5-12)3-9(7)14-10(8)13/h1-3,12-13H,5H2. The van der Waals surface area contributed by atoms with Crippen LogP contribution >= 0.6 is 24.0 Å². The number of rotatable bonds is 1. The minimum absolute atomic E-state index is 0.0254. The Bertz CT molecular complexity index is 525. The molecule has 2 nitrogen and oxygen atoms in total. The smallest absolute Gasteiger partial charge is 0.102 e. The summed E-state index contributed by atoms with van der Waals surface area (Å²) in [4.78, 5) is 0. The van der Waals surface area contributed by atoms with Gasteiger partial charge in [0, 0.05) is 10.1 Å². The summed E-state index contributed by atoms with van der Waals surface area (Å²) >= 11 is 5.70. The Morgan fingerprint density at radius 3 is 2.93 bits per heavy atom. The number of nitriles is 1. The molecule has 0 fully saturated rings. The molecule has 0 radical (unpaired) electrons. The summed E-state index contributed by atoms with van der Waals surface area (Å²) < 4.78 is 1.73. The van der Waals surface area contributed by atoms with Crippen LogP contribution in [-0.4, -0.2) is 5.11 Å². The van der Waals surface area contributed by atoms with E-state index < -0.39 is 0 Å². The van der Waals surface area contributed by atoms with Gasteiger partial charge in [0.2, 0.25) is 0 Å². The van der Waals surface area contributed by atoms with Crippen molar-refractivity contribution >= 4 is 34.1 Å². The van der Waals surface area contributed by atoms with Gasteiger partial charge in [0.1, 0.15) is 6.07 Å². The molecule has 2 aromatic rings. The van der Waals surface area contributed by atoms with Crippen molar-refractivity contribution in [2.45, 2.75) is 10.8 Å². The largest absolute Gasteiger partial charge is 0.392 e. The molecule has 0 atom stereocenters. The lowest BCUT2D eigenvalue weighted by atomic mass is 10.1. The van der Waals surface area contributed by atoms with Crippen molar-refractivity contribution in [2.75, 3.05) is 0 Å². The molecule has 0 aliphatic carbocycles. The average Bonchev–Trinajstić information content (AvgIpc) is 2.51. The van der Waals surface area contributed by atoms with E-state index in [2.05, 4.69) is 18.7 Å². The molecule has 4 heteroatoms. The van der Waals surface area contributed by atoms with E-state index in [1.54, 1.807) is 0 Å². The first-order valence-electron chi connectivity index (χ1n) is 4.01. The Morgan fingerprint density at radius 1 is 1.50 bits per heavy atom. The maximum Gasteiger partial charge on any atom is 0.102 e. The van der Waals surface area contributed by atoms with Gasteiger partial charge < -0.3 is 5.11 Å². The van der Waals surface area contributed by atoms with Crippen LogP contribution in [0.15, 0.2) is 22.4 Å². The van der Waals surface area contributed by atoms with Crippen molar-refractivity contribution < 1.29 is 5.11 Å². The van der Waals surface area contributed by atoms with Crippen LogP contribution in [0.3, 0.4) is 0 Å². The van der Waals surface area contributed by atoms with E-state index in [4.69, 9.17) is 10.4 Å². The highest BCUT2D eigenvalue weighted by molar-refractivity contribution is 7.83. The Morgan fingerprint density at radius 2 is 2.29 bits per heavy atom. The molecule has 14 heavy (non-hydrogen) atoms. The predicted molar refractivity (Wildman–Crippen MR) is 59.7 cm³/mol. The van der Waals surface area contributed by atoms with Crippen LogP contribution in [0.4, 0.5) is 0 Å². The van der Waals surface area contributed by atoms with Crippen LogP contribution in [0, 0.1) is 11.3 Å². The number of hydrogen-bond acceptors (Lipinski definition) is 4. The van der Waals surface area contributed by atoms with E-state index >= 15 is 0 Å². The molecule has 1 aromatic carbocycles. The quantitative estimate of drug-likeness (QED) is 0.727. The van der Waals surface area contributed by atoms with Crippen LogP contribution in [0.5, 0.6) is 0 Å². The zero-order chi connectivity index (χ0) is 10.1. The molecule has 0 amide bonds. The molecule has 0 aliphatic heterocycles. The highest BCUT2D eigenvalue weighted by Gasteiger charge is 2.08. The molecule has 0 bridgehead atoms. The second kappa shape index (κ2) is 3.62. The highest BCUT2D eigenvalue weighted by atomic mass is 32.2. The summed E-state index contributed by atoms with van der Waals surface area (Å²) in [7, 11) is 0. The van der Waals surface area contributed by atoms with Gasteiger partial charge in [0.15, 0.2) is 0 Å². The van der Waals surface area contributed by atoms with Crippen molar-refractivity contribution in [3.8, 4) is 6.07 Å². The molecule has 1 heterocycles. The summed E-state index contributed by atoms with van der Waals surface area (Å²) in [5.74, 6) is 0. The molecule has 0 saturated carbocycles. The zero-order valence-corrected chi connectivity index (χ0v) is 8.90. The SMILES string of the molecule is N#Cc1c(S)sc2cc(CO)ccc12. The van der Waals surface area contributed by atoms with Crippen LogP contribution in [0.1, 0.15) is 11.1 Å². The fourth-order valence-electron chi connectivity index (χ4n) is 1.33. The lowest BCUT2D eigenvalue weighted by Gasteiger charge is -1.94. The number of thiol groups is 1. The number of thiophene rings is 1. The van der Waals surface area contributed by atoms with Crippen LogP contribution in [0.25, 0.3) is 10.1 Å². The third kappa shape index (κ3) is 1.40. The third-order valence-electron chi connectivity index (χ3n) is 2.03. The first-order valence-corrected chi connectivity index (χ1v) is 5.28. The molecule has 1 aromatic heterocycles. The van der Waals surface area contributed by atoms with Gasteiger partial charge in [-0.05, 0) is 11.6 Å². The number of fused-ring (bicyclic) bond motifs is 1. The zero-order valence-electron chi connectivity index (χ0n) is 7.19. The van der Waals surface area contributed by atoms with E-state index in [1.807, 2.05) is 18.2 Å². The number of aliphatic hydroxyl groups is 1. The van der Waals surface area contributed by atoms with Crippen molar-refractivity contribution in [1.29, 1.82) is 5.26 Å². The minimum Gasteiger partial charge on any atom is -0.392 e. The number of aliphatic hydroxyl groups excluding tert-OH is 1. The van der Waals surface area contributed by atoms with Gasteiger partial charge in [-0.3, -0.25) is 0 Å². The van der Waals surface area contributed by atoms with Crippen molar-refractivity contribution in [1.82, 2.24) is 0 Å². The van der Waals surface area contributed by atoms with E-state index in [9.17, 15) is 0 Å². The Hall–Kier alpha value is -1.02. The maximum absolute atomic E-state index is 8.95. The van der Waals surface area contributed by atoms with Gasteiger partial charge in [-0.25, -0.2) is 0 Å². The van der Waals surface area contributed by atoms with E-state index in [0.717, 1.165) is 19.9 Å². The predicted octanol–water partition coefficient (Wildman–Crippen LogP) is 2.55. The van der Waals surface area contributed by atoms with Crippen LogP contribution in [-0.2, 0) is 6.61 Å². The van der Waals surface area contributed by atoms with Gasteiger partial charge in [0.25, 0.3) is 0 Å². The molecule has 2 rings (SSSR count). The van der Waals surface area contributed by atoms with E-state index in [-0.39, 0.29) is 6.61 Å². The van der Waals surface area contributed by atoms with E-state index in [1.165, 1.54) is 11.3 Å². The molecular formula is C10H7NOS2. The molecule has 0 spiro atoms. The maximum atomic E-state index is 8.95. The topological polar surface area (TPSA) is 44.0 Å². The minimum atomic E-state index is 0.0254. The fraction of sp³-hybridized carbons (Fsp3) is 0.100. The molecular weight excluding hydrogens is 214 g/mol. The first-order chi connectivity index (χ1) is 6.76. The third-order valence-corrected chi connectivity index (χ3v) is 3.48. The first kappa shape index (κ1) is 9.53. The van der Waals surface area contributed by atoms with Crippen molar-refractivity contribution in [3.05, 3.63) is 29.3 Å². The Labute approximate surface area is 90.8 Å². The van der Waals surface area contributed by atoms with E-state index in [0.29, 0.717) is 5.56 Å². The van der Waals surface area contributed by atoms with Gasteiger partial charge >= 0.3 is 0 Å². The summed E-state index contributed by atoms with van der Waals surface area (Å²) in [6.07, 6.45) is 0. The summed E-state index contributed by atoms with van der Waals surface area (Å²) in [6.45, 7) is 0.0254. The van der Waals surface area contributed by atoms with Gasteiger partial charge in [-0.2, -0.15) is 5.26 Å². The molecule has 0 saturated heterocycles. The normalized spacial score (nSPS) is 10.4. The lowest BCUT2D eigenvalue weighted by molar-refractivity contribution is 0.282. The van der Waals surface area contributed by atoms with Crippen molar-refractivity contribution in [2.24, 2.45) is 0 Å². The Balaban J connectivity index is 2.76. The summed E-state index contributed by atoms with van der Waals surface area (Å²) in [5.41, 5.74) is 1.48. The lowest BCUT2D eigenvalue weighted by Crippen LogP contribution is -1.80. The number of benzene rings is 1. The monoisotopic (exact) mass is 221 g/mol. The van der Waals surface area contributed by atoms with Gasteiger partial charge in [-0.1, -0.05) is 12.1 Å². The van der Waals surface area contributed by atoms with Crippen molar-refractivity contribution in [3.63, 3.8) is 0 Å². The Kier molecular flexibility index (Phi) is 2.46. The van der Waals surface area contributed by atoms with Gasteiger partial charge in [-0.15, -0.1) is 24.0 Å². The van der Waals surface area contributed by atoms with Gasteiger partial charge in [0.05, 0.1) is 16.4 Å². The average molecular weight is 221 g/mol.